The molecule has 8 nitrogen and oxygen atoms in total. The minimum atomic E-state index is -3.03. The molecule has 24 heavy (non-hydrogen) atoms. The number of hydrogen-bond acceptors (Lipinski definition) is 7. The van der Waals surface area contributed by atoms with Gasteiger partial charge in [-0.15, -0.1) is 0 Å². The van der Waals surface area contributed by atoms with E-state index in [2.05, 4.69) is 24.8 Å². The normalized spacial score (nSPS) is 11.0. The zero-order valence-electron chi connectivity index (χ0n) is 12.4. The Morgan fingerprint density at radius 2 is 2.17 bits per heavy atom. The number of aromatic nitrogens is 5. The van der Waals surface area contributed by atoms with Gasteiger partial charge in [-0.2, -0.15) is 28.6 Å². The molecule has 0 aliphatic carbocycles. The second kappa shape index (κ2) is 6.04. The summed E-state index contributed by atoms with van der Waals surface area (Å²) in [4.78, 5) is 12.3. The van der Waals surface area contributed by atoms with Crippen LogP contribution >= 0.6 is 0 Å². The highest BCUT2D eigenvalue weighted by Crippen LogP contribution is 2.23. The first kappa shape index (κ1) is 15.5. The second-order valence-corrected chi connectivity index (χ2v) is 4.85. The van der Waals surface area contributed by atoms with Crippen LogP contribution in [0.2, 0.25) is 0 Å². The van der Waals surface area contributed by atoms with Gasteiger partial charge in [-0.05, 0) is 19.1 Å². The molecule has 0 radical (unpaired) electrons. The van der Waals surface area contributed by atoms with E-state index in [1.807, 2.05) is 0 Å². The number of aryl methyl sites for hydroxylation is 1. The fourth-order valence-electron chi connectivity index (χ4n) is 2.27. The lowest BCUT2D eigenvalue weighted by molar-refractivity contribution is -0.0503. The SMILES string of the molecule is Cc1nc2ncnn2c(N)c1Cc1ccc(OC(F)F)c(C#N)n1. The Labute approximate surface area is 134 Å². The molecule has 0 spiro atoms. The summed E-state index contributed by atoms with van der Waals surface area (Å²) in [6.07, 6.45) is 1.59. The van der Waals surface area contributed by atoms with Gasteiger partial charge in [-0.25, -0.2) is 9.97 Å². The fraction of sp³-hybridized carbons (Fsp3) is 0.214. The van der Waals surface area contributed by atoms with Gasteiger partial charge in [0.15, 0.2) is 11.4 Å². The zero-order valence-corrected chi connectivity index (χ0v) is 12.4. The Kier molecular flexibility index (Phi) is 3.91. The quantitative estimate of drug-likeness (QED) is 0.769. The second-order valence-electron chi connectivity index (χ2n) is 4.85. The van der Waals surface area contributed by atoms with Gasteiger partial charge in [-0.3, -0.25) is 0 Å². The predicted molar refractivity (Wildman–Crippen MR) is 78.3 cm³/mol. The van der Waals surface area contributed by atoms with Crippen LogP contribution in [-0.2, 0) is 6.42 Å². The van der Waals surface area contributed by atoms with E-state index in [0.717, 1.165) is 0 Å². The van der Waals surface area contributed by atoms with Gasteiger partial charge < -0.3 is 10.5 Å². The molecule has 2 N–H and O–H groups in total. The van der Waals surface area contributed by atoms with E-state index in [1.165, 1.54) is 23.0 Å². The van der Waals surface area contributed by atoms with Crippen LogP contribution in [0.4, 0.5) is 14.6 Å². The molecule has 0 fully saturated rings. The molecule has 10 heteroatoms. The van der Waals surface area contributed by atoms with Gasteiger partial charge in [-0.1, -0.05) is 0 Å². The van der Waals surface area contributed by atoms with Gasteiger partial charge in [0, 0.05) is 23.4 Å². The van der Waals surface area contributed by atoms with E-state index < -0.39 is 6.61 Å². The summed E-state index contributed by atoms with van der Waals surface area (Å²) in [5.74, 6) is 0.453. The van der Waals surface area contributed by atoms with E-state index >= 15 is 0 Å². The molecule has 0 bridgehead atoms. The third-order valence-electron chi connectivity index (χ3n) is 3.37. The van der Waals surface area contributed by atoms with Gasteiger partial charge in [0.2, 0.25) is 0 Å². The lowest BCUT2D eigenvalue weighted by Crippen LogP contribution is -2.10. The summed E-state index contributed by atoms with van der Waals surface area (Å²) >= 11 is 0. The average molecular weight is 331 g/mol. The van der Waals surface area contributed by atoms with Crippen molar-refractivity contribution in [3.05, 3.63) is 41.1 Å². The van der Waals surface area contributed by atoms with Crippen LogP contribution in [0.25, 0.3) is 5.78 Å². The highest BCUT2D eigenvalue weighted by Gasteiger charge is 2.15. The Balaban J connectivity index is 1.98. The lowest BCUT2D eigenvalue weighted by atomic mass is 10.1. The average Bonchev–Trinajstić information content (AvgIpc) is 3.00. The fourth-order valence-corrected chi connectivity index (χ4v) is 2.27. The van der Waals surface area contributed by atoms with Crippen LogP contribution in [0.3, 0.4) is 0 Å². The molecule has 0 unspecified atom stereocenters. The van der Waals surface area contributed by atoms with Crippen molar-refractivity contribution in [2.75, 3.05) is 5.73 Å². The van der Waals surface area contributed by atoms with E-state index in [9.17, 15) is 8.78 Å². The minimum Gasteiger partial charge on any atom is -0.432 e. The van der Waals surface area contributed by atoms with Crippen LogP contribution in [-0.4, -0.2) is 31.2 Å². The van der Waals surface area contributed by atoms with Gasteiger partial charge in [0.05, 0.1) is 0 Å². The van der Waals surface area contributed by atoms with Gasteiger partial charge in [0.1, 0.15) is 18.2 Å². The van der Waals surface area contributed by atoms with Crippen molar-refractivity contribution < 1.29 is 13.5 Å². The highest BCUT2D eigenvalue weighted by atomic mass is 19.3. The van der Waals surface area contributed by atoms with Crippen LogP contribution in [0.5, 0.6) is 5.75 Å². The van der Waals surface area contributed by atoms with Crippen LogP contribution < -0.4 is 10.5 Å². The Hall–Kier alpha value is -3.35. The smallest absolute Gasteiger partial charge is 0.387 e. The third-order valence-corrected chi connectivity index (χ3v) is 3.37. The molecule has 0 aromatic carbocycles. The zero-order chi connectivity index (χ0) is 17.3. The molecule has 0 saturated heterocycles. The van der Waals surface area contributed by atoms with E-state index in [4.69, 9.17) is 11.0 Å². The number of nitrogens with two attached hydrogens (primary N) is 1. The molecule has 3 rings (SSSR count). The number of pyridine rings is 1. The van der Waals surface area contributed by atoms with Crippen LogP contribution in [0, 0.1) is 18.3 Å². The van der Waals surface area contributed by atoms with Crippen LogP contribution in [0.15, 0.2) is 18.5 Å². The maximum atomic E-state index is 12.3. The summed E-state index contributed by atoms with van der Waals surface area (Å²) in [5, 5.41) is 13.0. The van der Waals surface area contributed by atoms with Crippen molar-refractivity contribution >= 4 is 11.6 Å². The number of nitrogen functional groups attached to an aromatic ring is 1. The molecule has 122 valence electrons. The summed E-state index contributed by atoms with van der Waals surface area (Å²) < 4.78 is 30.3. The molecule has 0 saturated carbocycles. The van der Waals surface area contributed by atoms with Crippen molar-refractivity contribution in [3.8, 4) is 11.8 Å². The summed E-state index contributed by atoms with van der Waals surface area (Å²) in [5.41, 5.74) is 7.62. The summed E-state index contributed by atoms with van der Waals surface area (Å²) in [7, 11) is 0. The molecule has 0 amide bonds. The minimum absolute atomic E-state index is 0.223. The molecule has 3 aromatic rings. The van der Waals surface area contributed by atoms with E-state index in [0.29, 0.717) is 28.5 Å². The van der Waals surface area contributed by atoms with Gasteiger partial charge >= 0.3 is 6.61 Å². The van der Waals surface area contributed by atoms with E-state index in [-0.39, 0.29) is 17.9 Å². The van der Waals surface area contributed by atoms with E-state index in [1.54, 1.807) is 13.0 Å². The first-order chi connectivity index (χ1) is 11.5. The third kappa shape index (κ3) is 2.79. The summed E-state index contributed by atoms with van der Waals surface area (Å²) in [6.45, 7) is -1.26. The van der Waals surface area contributed by atoms with Gasteiger partial charge in [0.25, 0.3) is 5.78 Å². The predicted octanol–water partition coefficient (Wildman–Crippen LogP) is 1.47. The molecular formula is C14H11F2N7O. The number of alkyl halides is 2. The molecule has 0 aliphatic rings. The first-order valence-corrected chi connectivity index (χ1v) is 6.79. The number of halogens is 2. The van der Waals surface area contributed by atoms with Crippen molar-refractivity contribution in [1.82, 2.24) is 24.6 Å². The number of anilines is 1. The monoisotopic (exact) mass is 331 g/mol. The number of rotatable bonds is 4. The molecule has 0 aliphatic heterocycles. The Morgan fingerprint density at radius 3 is 2.88 bits per heavy atom. The van der Waals surface area contributed by atoms with Crippen molar-refractivity contribution in [3.63, 3.8) is 0 Å². The molecule has 0 atom stereocenters. The standard InChI is InChI=1S/C14H11F2N7O/c1-7-9(12(18)23-14(21-7)19-6-20-23)4-8-2-3-11(24-13(15)16)10(5-17)22-8/h2-3,6,13H,4,18H2,1H3. The Bertz CT molecular complexity index is 948. The number of hydrogen-bond donors (Lipinski definition) is 1. The Morgan fingerprint density at radius 1 is 1.38 bits per heavy atom. The molecule has 3 heterocycles. The maximum Gasteiger partial charge on any atom is 0.387 e. The molecular weight excluding hydrogens is 320 g/mol. The number of nitriles is 1. The topological polar surface area (TPSA) is 115 Å². The maximum absolute atomic E-state index is 12.3. The lowest BCUT2D eigenvalue weighted by Gasteiger charge is -2.11. The number of ether oxygens (including phenoxy) is 1. The van der Waals surface area contributed by atoms with Crippen molar-refractivity contribution in [1.29, 1.82) is 5.26 Å². The molecule has 3 aromatic heterocycles. The summed E-state index contributed by atoms with van der Waals surface area (Å²) in [6, 6.07) is 4.50. The number of fused-ring (bicyclic) bond motifs is 1. The largest absolute Gasteiger partial charge is 0.432 e. The van der Waals surface area contributed by atoms with Crippen molar-refractivity contribution in [2.45, 2.75) is 20.0 Å². The number of nitrogens with zero attached hydrogens (tertiary/aromatic N) is 6. The van der Waals surface area contributed by atoms with Crippen LogP contribution in [0.1, 0.15) is 22.6 Å². The highest BCUT2D eigenvalue weighted by molar-refractivity contribution is 5.51. The van der Waals surface area contributed by atoms with Crippen molar-refractivity contribution in [2.24, 2.45) is 0 Å². The first-order valence-electron chi connectivity index (χ1n) is 6.79.